The Morgan fingerprint density at radius 2 is 1.79 bits per heavy atom. The first-order valence-electron chi connectivity index (χ1n) is 15.2. The van der Waals surface area contributed by atoms with Gasteiger partial charge in [-0.15, -0.1) is 0 Å². The van der Waals surface area contributed by atoms with E-state index in [-0.39, 0.29) is 23.3 Å². The van der Waals surface area contributed by atoms with Crippen molar-refractivity contribution in [2.75, 3.05) is 24.5 Å². The third-order valence-electron chi connectivity index (χ3n) is 11.7. The monoisotopic (exact) mass is 516 g/mol. The molecule has 0 spiro atoms. The molecule has 6 atom stereocenters. The highest BCUT2D eigenvalue weighted by Crippen LogP contribution is 2.62. The predicted octanol–water partition coefficient (Wildman–Crippen LogP) is 5.92. The van der Waals surface area contributed by atoms with Crippen molar-refractivity contribution in [3.8, 4) is 0 Å². The van der Waals surface area contributed by atoms with Crippen molar-refractivity contribution < 1.29 is 5.11 Å². The molecule has 3 aliphatic carbocycles. The van der Waals surface area contributed by atoms with Gasteiger partial charge < -0.3 is 14.6 Å². The maximum Gasteiger partial charge on any atom is 0.294 e. The number of piperidine rings is 2. The highest BCUT2D eigenvalue weighted by atomic mass is 16.3. The summed E-state index contributed by atoms with van der Waals surface area (Å²) in [7, 11) is 0. The third-order valence-corrected chi connectivity index (χ3v) is 11.7. The number of benzene rings is 1. The van der Waals surface area contributed by atoms with Gasteiger partial charge in [-0.2, -0.15) is 0 Å². The van der Waals surface area contributed by atoms with Gasteiger partial charge >= 0.3 is 0 Å². The van der Waals surface area contributed by atoms with Crippen molar-refractivity contribution in [2.45, 2.75) is 89.8 Å². The van der Waals surface area contributed by atoms with Crippen LogP contribution in [0.25, 0.3) is 11.0 Å². The predicted molar refractivity (Wildman–Crippen MR) is 153 cm³/mol. The van der Waals surface area contributed by atoms with Crippen LogP contribution in [-0.2, 0) is 0 Å². The molecule has 38 heavy (non-hydrogen) atoms. The fourth-order valence-corrected chi connectivity index (χ4v) is 9.22. The number of aliphatic hydroxyl groups excluding tert-OH is 1. The second-order valence-corrected chi connectivity index (χ2v) is 13.8. The Hall–Kier alpha value is -2.34. The Balaban J connectivity index is 1.13. The fraction of sp³-hybridized carbons (Fsp3) is 0.688. The van der Waals surface area contributed by atoms with E-state index in [1.54, 1.807) is 0 Å². The SMILES string of the molecule is C=C(O)C1CN(c2nc3ccccc3n([C@H]3C[C@H]4CCC[C@@H](C3)N4CC[C@@H]3CC[C@H]4C[C@@H]3C4(C)C)c2=O)C1. The highest BCUT2D eigenvalue weighted by molar-refractivity contribution is 5.76. The molecule has 3 saturated heterocycles. The summed E-state index contributed by atoms with van der Waals surface area (Å²) in [5, 5.41) is 9.79. The molecule has 6 fully saturated rings. The quantitative estimate of drug-likeness (QED) is 0.483. The molecule has 4 bridgehead atoms. The average Bonchev–Trinajstić information content (AvgIpc) is 2.86. The molecule has 6 heteroatoms. The van der Waals surface area contributed by atoms with E-state index in [1.807, 2.05) is 23.1 Å². The Bertz CT molecular complexity index is 1280. The number of nitrogens with zero attached hydrogens (tertiary/aromatic N) is 4. The molecule has 2 aromatic rings. The van der Waals surface area contributed by atoms with Crippen LogP contribution in [0.3, 0.4) is 0 Å². The van der Waals surface area contributed by atoms with Crippen LogP contribution in [0.2, 0.25) is 0 Å². The molecule has 1 aromatic carbocycles. The van der Waals surface area contributed by atoms with Gasteiger partial charge in [-0.25, -0.2) is 4.98 Å². The summed E-state index contributed by atoms with van der Waals surface area (Å²) in [4.78, 5) is 23.7. The standard InChI is InChI=1S/C32H44N4O2/c1-20(37)22-18-34(19-22)30-31(38)36(29-10-5-4-9-28(29)33-30)26-16-24-7-6-8-25(17-26)35(24)14-13-21-11-12-23-15-27(21)32(23,2)3/h4-5,9-10,21-27,37H,1,6-8,11-19H2,2-3H3/t21-,23-,24-,25+,26+,27-/m0/s1. The van der Waals surface area contributed by atoms with Crippen LogP contribution in [0.15, 0.2) is 41.4 Å². The fourth-order valence-electron chi connectivity index (χ4n) is 9.22. The van der Waals surface area contributed by atoms with E-state index in [0.717, 1.165) is 41.6 Å². The molecule has 204 valence electrons. The Labute approximate surface area is 226 Å². The first kappa shape index (κ1) is 24.7. The van der Waals surface area contributed by atoms with Crippen molar-refractivity contribution in [2.24, 2.45) is 29.1 Å². The van der Waals surface area contributed by atoms with E-state index in [4.69, 9.17) is 4.98 Å². The molecule has 1 N–H and O–H groups in total. The van der Waals surface area contributed by atoms with Crippen LogP contribution in [0.1, 0.15) is 77.7 Å². The van der Waals surface area contributed by atoms with Crippen LogP contribution in [0.5, 0.6) is 0 Å². The highest BCUT2D eigenvalue weighted by Gasteiger charge is 2.54. The van der Waals surface area contributed by atoms with Crippen molar-refractivity contribution in [3.05, 3.63) is 47.0 Å². The van der Waals surface area contributed by atoms with Crippen LogP contribution < -0.4 is 10.5 Å². The molecular weight excluding hydrogens is 472 g/mol. The van der Waals surface area contributed by atoms with Crippen molar-refractivity contribution in [1.82, 2.24) is 14.5 Å². The maximum absolute atomic E-state index is 14.0. The number of fused-ring (bicyclic) bond motifs is 5. The van der Waals surface area contributed by atoms with Crippen molar-refractivity contribution in [3.63, 3.8) is 0 Å². The normalized spacial score (nSPS) is 34.5. The van der Waals surface area contributed by atoms with Gasteiger partial charge in [-0.05, 0) is 93.2 Å². The molecule has 3 saturated carbocycles. The number of hydrogen-bond acceptors (Lipinski definition) is 5. The summed E-state index contributed by atoms with van der Waals surface area (Å²) in [6, 6.07) is 9.51. The van der Waals surface area contributed by atoms with Crippen LogP contribution in [-0.4, -0.2) is 51.3 Å². The number of anilines is 1. The second kappa shape index (κ2) is 9.11. The molecule has 0 unspecified atom stereocenters. The minimum atomic E-state index is 0.0271. The van der Waals surface area contributed by atoms with Crippen LogP contribution in [0, 0.1) is 29.1 Å². The summed E-state index contributed by atoms with van der Waals surface area (Å²) in [6.07, 6.45) is 11.6. The van der Waals surface area contributed by atoms with E-state index in [0.29, 0.717) is 36.4 Å². The number of hydrogen-bond donors (Lipinski definition) is 1. The van der Waals surface area contributed by atoms with Gasteiger partial charge in [0.2, 0.25) is 0 Å². The molecule has 1 aromatic heterocycles. The zero-order valence-electron chi connectivity index (χ0n) is 23.2. The third kappa shape index (κ3) is 3.84. The van der Waals surface area contributed by atoms with Gasteiger partial charge in [0.1, 0.15) is 0 Å². The smallest absolute Gasteiger partial charge is 0.294 e. The van der Waals surface area contributed by atoms with Crippen LogP contribution >= 0.6 is 0 Å². The lowest BCUT2D eigenvalue weighted by Gasteiger charge is -2.60. The molecular formula is C32H44N4O2. The number of aliphatic hydroxyl groups is 1. The average molecular weight is 517 g/mol. The largest absolute Gasteiger partial charge is 0.513 e. The zero-order valence-corrected chi connectivity index (χ0v) is 23.2. The lowest BCUT2D eigenvalue weighted by molar-refractivity contribution is -0.111. The van der Waals surface area contributed by atoms with E-state index in [9.17, 15) is 9.90 Å². The topological polar surface area (TPSA) is 61.6 Å². The van der Waals surface area contributed by atoms with E-state index in [1.165, 1.54) is 51.5 Å². The first-order valence-corrected chi connectivity index (χ1v) is 15.2. The zero-order chi connectivity index (χ0) is 26.2. The molecule has 0 amide bonds. The number of para-hydroxylation sites is 2. The molecule has 3 aliphatic heterocycles. The van der Waals surface area contributed by atoms with E-state index in [2.05, 4.69) is 36.0 Å². The minimum absolute atomic E-state index is 0.0271. The van der Waals surface area contributed by atoms with Gasteiger partial charge in [-0.1, -0.05) is 39.0 Å². The summed E-state index contributed by atoms with van der Waals surface area (Å²) < 4.78 is 2.10. The van der Waals surface area contributed by atoms with Gasteiger partial charge in [0, 0.05) is 31.2 Å². The summed E-state index contributed by atoms with van der Waals surface area (Å²) >= 11 is 0. The lowest BCUT2D eigenvalue weighted by atomic mass is 9.45. The van der Waals surface area contributed by atoms with Gasteiger partial charge in [0.25, 0.3) is 5.56 Å². The van der Waals surface area contributed by atoms with Gasteiger partial charge in [0.15, 0.2) is 5.82 Å². The van der Waals surface area contributed by atoms with Gasteiger partial charge in [-0.3, -0.25) is 9.69 Å². The molecule has 8 rings (SSSR count). The van der Waals surface area contributed by atoms with E-state index < -0.39 is 0 Å². The maximum atomic E-state index is 14.0. The Morgan fingerprint density at radius 3 is 2.47 bits per heavy atom. The van der Waals surface area contributed by atoms with Crippen LogP contribution in [0.4, 0.5) is 5.82 Å². The minimum Gasteiger partial charge on any atom is -0.513 e. The van der Waals surface area contributed by atoms with Crippen molar-refractivity contribution >= 4 is 16.9 Å². The molecule has 0 radical (unpaired) electrons. The summed E-state index contributed by atoms with van der Waals surface area (Å²) in [6.45, 7) is 11.2. The van der Waals surface area contributed by atoms with Crippen molar-refractivity contribution in [1.29, 1.82) is 0 Å². The Kier molecular flexibility index (Phi) is 5.92. The second-order valence-electron chi connectivity index (χ2n) is 13.8. The lowest BCUT2D eigenvalue weighted by Crippen LogP contribution is -2.56. The Morgan fingerprint density at radius 1 is 1.05 bits per heavy atom. The molecule has 6 nitrogen and oxygen atoms in total. The number of rotatable bonds is 6. The molecule has 6 aliphatic rings. The molecule has 4 heterocycles. The van der Waals surface area contributed by atoms with Gasteiger partial charge in [0.05, 0.1) is 22.7 Å². The summed E-state index contributed by atoms with van der Waals surface area (Å²) in [5.41, 5.74) is 2.45. The first-order chi connectivity index (χ1) is 18.3. The summed E-state index contributed by atoms with van der Waals surface area (Å²) in [5.74, 6) is 3.58. The number of aromatic nitrogens is 2. The van der Waals surface area contributed by atoms with E-state index >= 15 is 0 Å².